The molecule has 24 heavy (non-hydrogen) atoms. The number of rotatable bonds is 3. The summed E-state index contributed by atoms with van der Waals surface area (Å²) in [5, 5.41) is 6.80. The van der Waals surface area contributed by atoms with E-state index < -0.39 is 0 Å². The molecule has 3 heterocycles. The van der Waals surface area contributed by atoms with E-state index in [-0.39, 0.29) is 30.9 Å². The largest absolute Gasteiger partial charge is 0.314 e. The van der Waals surface area contributed by atoms with Crippen LogP contribution in [0.25, 0.3) is 10.9 Å². The summed E-state index contributed by atoms with van der Waals surface area (Å²) < 4.78 is 0. The summed E-state index contributed by atoms with van der Waals surface area (Å²) in [5.41, 5.74) is 2.24. The molecule has 1 aliphatic rings. The van der Waals surface area contributed by atoms with Crippen molar-refractivity contribution < 1.29 is 0 Å². The normalized spacial score (nSPS) is 16.2. The van der Waals surface area contributed by atoms with Gasteiger partial charge in [-0.1, -0.05) is 30.3 Å². The fourth-order valence-electron chi connectivity index (χ4n) is 3.13. The highest BCUT2D eigenvalue weighted by Crippen LogP contribution is 2.31. The lowest BCUT2D eigenvalue weighted by molar-refractivity contribution is 0.198. The molecule has 0 unspecified atom stereocenters. The van der Waals surface area contributed by atoms with Crippen molar-refractivity contribution >= 4 is 47.1 Å². The Morgan fingerprint density at radius 3 is 2.50 bits per heavy atom. The Labute approximate surface area is 158 Å². The van der Waals surface area contributed by atoms with Crippen molar-refractivity contribution in [3.8, 4) is 0 Å². The van der Waals surface area contributed by atoms with E-state index in [2.05, 4.69) is 64.1 Å². The second-order valence-corrected chi connectivity index (χ2v) is 6.61. The number of hydrogen-bond acceptors (Lipinski definition) is 4. The van der Waals surface area contributed by atoms with Crippen LogP contribution in [0.1, 0.15) is 16.6 Å². The SMILES string of the molecule is Cl.Cl.c1csc([C@H](c2ccc3ccccc3n2)N2CCNCC2)c1. The van der Waals surface area contributed by atoms with Crippen LogP contribution in [-0.2, 0) is 0 Å². The lowest BCUT2D eigenvalue weighted by Crippen LogP contribution is -2.45. The summed E-state index contributed by atoms with van der Waals surface area (Å²) in [6, 6.07) is 17.4. The maximum absolute atomic E-state index is 4.95. The molecule has 1 fully saturated rings. The summed E-state index contributed by atoms with van der Waals surface area (Å²) >= 11 is 1.82. The fraction of sp³-hybridized carbons (Fsp3) is 0.278. The van der Waals surface area contributed by atoms with E-state index in [1.165, 1.54) is 10.3 Å². The summed E-state index contributed by atoms with van der Waals surface area (Å²) in [7, 11) is 0. The third-order valence-corrected chi connectivity index (χ3v) is 5.15. The summed E-state index contributed by atoms with van der Waals surface area (Å²) in [5.74, 6) is 0. The maximum atomic E-state index is 4.95. The van der Waals surface area contributed by atoms with Crippen molar-refractivity contribution in [2.24, 2.45) is 0 Å². The van der Waals surface area contributed by atoms with Crippen LogP contribution in [0.3, 0.4) is 0 Å². The molecular weight excluding hydrogens is 361 g/mol. The van der Waals surface area contributed by atoms with Crippen LogP contribution < -0.4 is 5.32 Å². The number of pyridine rings is 1. The molecule has 6 heteroatoms. The Morgan fingerprint density at radius 2 is 1.75 bits per heavy atom. The maximum Gasteiger partial charge on any atom is 0.0871 e. The lowest BCUT2D eigenvalue weighted by Gasteiger charge is -2.34. The molecule has 2 aromatic heterocycles. The molecule has 4 rings (SSSR count). The number of fused-ring (bicyclic) bond motifs is 1. The van der Waals surface area contributed by atoms with Crippen LogP contribution in [0.2, 0.25) is 0 Å². The van der Waals surface area contributed by atoms with Gasteiger partial charge in [-0.3, -0.25) is 9.88 Å². The summed E-state index contributed by atoms with van der Waals surface area (Å²) in [4.78, 5) is 8.87. The van der Waals surface area contributed by atoms with E-state index in [4.69, 9.17) is 4.98 Å². The third kappa shape index (κ3) is 3.90. The minimum absolute atomic E-state index is 0. The number of nitrogens with zero attached hydrogens (tertiary/aromatic N) is 2. The van der Waals surface area contributed by atoms with E-state index in [9.17, 15) is 0 Å². The molecule has 3 nitrogen and oxygen atoms in total. The van der Waals surface area contributed by atoms with E-state index in [1.807, 2.05) is 11.3 Å². The molecule has 1 saturated heterocycles. The zero-order chi connectivity index (χ0) is 14.8. The van der Waals surface area contributed by atoms with Crippen molar-refractivity contribution in [3.05, 3.63) is 64.5 Å². The first-order chi connectivity index (χ1) is 10.9. The monoisotopic (exact) mass is 381 g/mol. The first-order valence-electron chi connectivity index (χ1n) is 7.76. The van der Waals surface area contributed by atoms with Gasteiger partial charge in [-0.25, -0.2) is 0 Å². The molecule has 0 saturated carbocycles. The quantitative estimate of drug-likeness (QED) is 0.738. The van der Waals surface area contributed by atoms with E-state index in [0.29, 0.717) is 0 Å². The molecule has 128 valence electrons. The Balaban J connectivity index is 0.00000104. The number of para-hydroxylation sites is 1. The van der Waals surface area contributed by atoms with Gasteiger partial charge in [0.15, 0.2) is 0 Å². The molecule has 1 aromatic carbocycles. The van der Waals surface area contributed by atoms with Crippen molar-refractivity contribution in [1.29, 1.82) is 0 Å². The predicted octanol–water partition coefficient (Wildman–Crippen LogP) is 4.13. The Hall–Kier alpha value is -1.17. The molecule has 0 aliphatic carbocycles. The van der Waals surface area contributed by atoms with Crippen LogP contribution >= 0.6 is 36.2 Å². The van der Waals surface area contributed by atoms with E-state index in [1.54, 1.807) is 0 Å². The number of halogens is 2. The summed E-state index contributed by atoms with van der Waals surface area (Å²) in [6.07, 6.45) is 0. The van der Waals surface area contributed by atoms with Gasteiger partial charge in [0.1, 0.15) is 0 Å². The van der Waals surface area contributed by atoms with Crippen LogP contribution in [0.15, 0.2) is 53.9 Å². The predicted molar refractivity (Wildman–Crippen MR) is 107 cm³/mol. The highest BCUT2D eigenvalue weighted by molar-refractivity contribution is 7.10. The van der Waals surface area contributed by atoms with Crippen LogP contribution in [0.5, 0.6) is 0 Å². The van der Waals surface area contributed by atoms with Crippen molar-refractivity contribution in [3.63, 3.8) is 0 Å². The fourth-order valence-corrected chi connectivity index (χ4v) is 4.00. The molecule has 1 atom stereocenters. The first kappa shape index (κ1) is 19.2. The number of piperazine rings is 1. The standard InChI is InChI=1S/C18H19N3S.2ClH/c1-2-5-15-14(4-1)7-8-16(20-15)18(17-6-3-13-22-17)21-11-9-19-10-12-21;;/h1-8,13,18-19H,9-12H2;2*1H/t18-;;/m0../s1. The topological polar surface area (TPSA) is 28.2 Å². The van der Waals surface area contributed by atoms with Crippen LogP contribution in [0.4, 0.5) is 0 Å². The average Bonchev–Trinajstić information content (AvgIpc) is 3.10. The second-order valence-electron chi connectivity index (χ2n) is 5.63. The van der Waals surface area contributed by atoms with Gasteiger partial charge in [-0.2, -0.15) is 0 Å². The van der Waals surface area contributed by atoms with Gasteiger partial charge in [-0.15, -0.1) is 36.2 Å². The van der Waals surface area contributed by atoms with Crippen molar-refractivity contribution in [2.75, 3.05) is 26.2 Å². The Kier molecular flexibility index (Phi) is 7.02. The minimum Gasteiger partial charge on any atom is -0.314 e. The van der Waals surface area contributed by atoms with E-state index >= 15 is 0 Å². The Morgan fingerprint density at radius 1 is 0.958 bits per heavy atom. The average molecular weight is 382 g/mol. The highest BCUT2D eigenvalue weighted by atomic mass is 35.5. The minimum atomic E-state index is 0. The molecule has 1 N–H and O–H groups in total. The summed E-state index contributed by atoms with van der Waals surface area (Å²) in [6.45, 7) is 4.24. The zero-order valence-electron chi connectivity index (χ0n) is 13.2. The van der Waals surface area contributed by atoms with Crippen molar-refractivity contribution in [1.82, 2.24) is 15.2 Å². The van der Waals surface area contributed by atoms with Gasteiger partial charge in [0.05, 0.1) is 17.3 Å². The Bertz CT molecular complexity index is 758. The third-order valence-electron chi connectivity index (χ3n) is 4.23. The number of aromatic nitrogens is 1. The smallest absolute Gasteiger partial charge is 0.0871 e. The number of nitrogens with one attached hydrogen (secondary N) is 1. The molecule has 0 amide bonds. The number of hydrogen-bond donors (Lipinski definition) is 1. The molecular formula is C18H21Cl2N3S. The van der Waals surface area contributed by atoms with Crippen LogP contribution in [0, 0.1) is 0 Å². The zero-order valence-corrected chi connectivity index (χ0v) is 15.7. The number of thiophene rings is 1. The van der Waals surface area contributed by atoms with Gasteiger partial charge < -0.3 is 5.32 Å². The number of benzene rings is 1. The van der Waals surface area contributed by atoms with Gasteiger partial charge in [-0.05, 0) is 23.6 Å². The van der Waals surface area contributed by atoms with Gasteiger partial charge in [0.25, 0.3) is 0 Å². The second kappa shape index (κ2) is 8.79. The van der Waals surface area contributed by atoms with Crippen molar-refractivity contribution in [2.45, 2.75) is 6.04 Å². The van der Waals surface area contributed by atoms with Gasteiger partial charge in [0, 0.05) is 36.4 Å². The molecule has 3 aromatic rings. The van der Waals surface area contributed by atoms with Gasteiger partial charge in [0.2, 0.25) is 0 Å². The van der Waals surface area contributed by atoms with E-state index in [0.717, 1.165) is 37.4 Å². The molecule has 0 radical (unpaired) electrons. The molecule has 0 bridgehead atoms. The highest BCUT2D eigenvalue weighted by Gasteiger charge is 2.25. The van der Waals surface area contributed by atoms with Gasteiger partial charge >= 0.3 is 0 Å². The van der Waals surface area contributed by atoms with Crippen LogP contribution in [-0.4, -0.2) is 36.1 Å². The lowest BCUT2D eigenvalue weighted by atomic mass is 10.1. The molecule has 1 aliphatic heterocycles. The first-order valence-corrected chi connectivity index (χ1v) is 8.64. The molecule has 0 spiro atoms.